The summed E-state index contributed by atoms with van der Waals surface area (Å²) in [5, 5.41) is 8.83. The van der Waals surface area contributed by atoms with Gasteiger partial charge in [0, 0.05) is 18.2 Å². The second-order valence-corrected chi connectivity index (χ2v) is 6.44. The summed E-state index contributed by atoms with van der Waals surface area (Å²) in [6, 6.07) is 6.89. The van der Waals surface area contributed by atoms with Crippen LogP contribution in [0.2, 0.25) is 0 Å². The van der Waals surface area contributed by atoms with Crippen LogP contribution in [0.4, 0.5) is 5.69 Å². The Morgan fingerprint density at radius 3 is 2.81 bits per heavy atom. The molecule has 1 aromatic carbocycles. The van der Waals surface area contributed by atoms with Gasteiger partial charge in [0.1, 0.15) is 0 Å². The van der Waals surface area contributed by atoms with Gasteiger partial charge < -0.3 is 10.6 Å². The highest BCUT2D eigenvalue weighted by Gasteiger charge is 2.23. The Bertz CT molecular complexity index is 513. The number of thioether (sulfide) groups is 1. The smallest absolute Gasteiger partial charge is 0.253 e. The molecule has 0 aliphatic carbocycles. The number of hydrogen-bond donors (Lipinski definition) is 3. The second-order valence-electron chi connectivity index (χ2n) is 5.41. The number of rotatable bonds is 5. The molecule has 1 aliphatic rings. The van der Waals surface area contributed by atoms with Crippen molar-refractivity contribution in [1.82, 2.24) is 10.6 Å². The monoisotopic (exact) mass is 307 g/mol. The summed E-state index contributed by atoms with van der Waals surface area (Å²) in [6.07, 6.45) is 0. The molecular formula is C15H21N3O2S. The fourth-order valence-electron chi connectivity index (χ4n) is 1.97. The maximum atomic E-state index is 12.2. The van der Waals surface area contributed by atoms with E-state index >= 15 is 0 Å². The lowest BCUT2D eigenvalue weighted by molar-refractivity contribution is -0.117. The summed E-state index contributed by atoms with van der Waals surface area (Å²) in [4.78, 5) is 24.3. The lowest BCUT2D eigenvalue weighted by Gasteiger charge is -2.14. The standard InChI is InChI=1S/C15H21N3O2S/c1-10(2)7-16-14(19)11-5-3-4-6-12(11)18-15(20)13-8-21-9-17-13/h3-6,10,13,17H,7-9H2,1-2H3,(H,16,19)(H,18,20). The Labute approximate surface area is 129 Å². The fraction of sp³-hybridized carbons (Fsp3) is 0.467. The minimum Gasteiger partial charge on any atom is -0.352 e. The van der Waals surface area contributed by atoms with E-state index in [0.29, 0.717) is 23.7 Å². The van der Waals surface area contributed by atoms with Crippen molar-refractivity contribution < 1.29 is 9.59 Å². The van der Waals surface area contributed by atoms with Gasteiger partial charge in [-0.05, 0) is 18.1 Å². The molecule has 114 valence electrons. The highest BCUT2D eigenvalue weighted by molar-refractivity contribution is 7.99. The molecular weight excluding hydrogens is 286 g/mol. The van der Waals surface area contributed by atoms with Gasteiger partial charge in [-0.1, -0.05) is 26.0 Å². The van der Waals surface area contributed by atoms with E-state index < -0.39 is 0 Å². The van der Waals surface area contributed by atoms with Crippen LogP contribution in [0, 0.1) is 5.92 Å². The maximum absolute atomic E-state index is 12.2. The fourth-order valence-corrected chi connectivity index (χ4v) is 2.91. The Morgan fingerprint density at radius 2 is 2.14 bits per heavy atom. The van der Waals surface area contributed by atoms with Gasteiger partial charge >= 0.3 is 0 Å². The lowest BCUT2D eigenvalue weighted by Crippen LogP contribution is -2.38. The highest BCUT2D eigenvalue weighted by atomic mass is 32.2. The molecule has 6 heteroatoms. The van der Waals surface area contributed by atoms with Gasteiger partial charge in [-0.15, -0.1) is 11.8 Å². The van der Waals surface area contributed by atoms with Crippen LogP contribution in [0.5, 0.6) is 0 Å². The Morgan fingerprint density at radius 1 is 1.38 bits per heavy atom. The van der Waals surface area contributed by atoms with Gasteiger partial charge in [-0.25, -0.2) is 0 Å². The van der Waals surface area contributed by atoms with Gasteiger partial charge in [0.05, 0.1) is 17.3 Å². The average molecular weight is 307 g/mol. The normalized spacial score (nSPS) is 17.8. The van der Waals surface area contributed by atoms with Gasteiger partial charge in [0.25, 0.3) is 5.91 Å². The molecule has 0 saturated carbocycles. The number of nitrogens with one attached hydrogen (secondary N) is 3. The lowest BCUT2D eigenvalue weighted by atomic mass is 10.1. The van der Waals surface area contributed by atoms with Crippen LogP contribution in [0.15, 0.2) is 24.3 Å². The SMILES string of the molecule is CC(C)CNC(=O)c1ccccc1NC(=O)C1CSCN1. The van der Waals surface area contributed by atoms with E-state index in [2.05, 4.69) is 16.0 Å². The molecule has 1 saturated heterocycles. The van der Waals surface area contributed by atoms with Crippen molar-refractivity contribution in [3.05, 3.63) is 29.8 Å². The quantitative estimate of drug-likeness (QED) is 0.774. The van der Waals surface area contributed by atoms with Gasteiger partial charge in [0.2, 0.25) is 5.91 Å². The molecule has 0 aromatic heterocycles. The van der Waals surface area contributed by atoms with Crippen LogP contribution < -0.4 is 16.0 Å². The molecule has 5 nitrogen and oxygen atoms in total. The third kappa shape index (κ3) is 4.47. The second kappa shape index (κ2) is 7.47. The molecule has 21 heavy (non-hydrogen) atoms. The number of carbonyl (C=O) groups is 2. The molecule has 0 radical (unpaired) electrons. The number of carbonyl (C=O) groups excluding carboxylic acids is 2. The zero-order valence-corrected chi connectivity index (χ0v) is 13.1. The number of hydrogen-bond acceptors (Lipinski definition) is 4. The van der Waals surface area contributed by atoms with Crippen molar-refractivity contribution >= 4 is 29.3 Å². The predicted octanol–water partition coefficient (Wildman–Crippen LogP) is 1.67. The zero-order chi connectivity index (χ0) is 15.2. The molecule has 2 amide bonds. The minimum absolute atomic E-state index is 0.0934. The van der Waals surface area contributed by atoms with E-state index in [0.717, 1.165) is 11.6 Å². The van der Waals surface area contributed by atoms with E-state index in [4.69, 9.17) is 0 Å². The van der Waals surface area contributed by atoms with Crippen molar-refractivity contribution in [2.75, 3.05) is 23.5 Å². The minimum atomic E-state index is -0.193. The molecule has 1 aromatic rings. The van der Waals surface area contributed by atoms with Crippen LogP contribution in [-0.2, 0) is 4.79 Å². The Kier molecular flexibility index (Phi) is 5.64. The van der Waals surface area contributed by atoms with Gasteiger partial charge in [-0.3, -0.25) is 14.9 Å². The molecule has 1 fully saturated rings. The zero-order valence-electron chi connectivity index (χ0n) is 12.3. The van der Waals surface area contributed by atoms with Crippen molar-refractivity contribution in [3.63, 3.8) is 0 Å². The first-order chi connectivity index (χ1) is 10.1. The summed E-state index contributed by atoms with van der Waals surface area (Å²) in [7, 11) is 0. The van der Waals surface area contributed by atoms with E-state index in [1.165, 1.54) is 0 Å². The number of para-hydroxylation sites is 1. The van der Waals surface area contributed by atoms with Crippen LogP contribution in [-0.4, -0.2) is 36.0 Å². The first-order valence-electron chi connectivity index (χ1n) is 7.07. The summed E-state index contributed by atoms with van der Waals surface area (Å²) in [5.74, 6) is 1.68. The van der Waals surface area contributed by atoms with E-state index in [9.17, 15) is 9.59 Å². The van der Waals surface area contributed by atoms with Gasteiger partial charge in [0.15, 0.2) is 0 Å². The van der Waals surface area contributed by atoms with E-state index in [1.54, 1.807) is 30.0 Å². The van der Waals surface area contributed by atoms with Crippen molar-refractivity contribution in [2.45, 2.75) is 19.9 Å². The topological polar surface area (TPSA) is 70.2 Å². The van der Waals surface area contributed by atoms with E-state index in [-0.39, 0.29) is 17.9 Å². The Hall–Kier alpha value is -1.53. The molecule has 0 spiro atoms. The van der Waals surface area contributed by atoms with Crippen LogP contribution in [0.1, 0.15) is 24.2 Å². The summed E-state index contributed by atoms with van der Waals surface area (Å²) in [6.45, 7) is 4.69. The maximum Gasteiger partial charge on any atom is 0.253 e. The Balaban J connectivity index is 2.05. The third-order valence-corrected chi connectivity index (χ3v) is 4.07. The number of benzene rings is 1. The third-order valence-electron chi connectivity index (χ3n) is 3.13. The van der Waals surface area contributed by atoms with Crippen LogP contribution in [0.3, 0.4) is 0 Å². The first-order valence-corrected chi connectivity index (χ1v) is 8.22. The van der Waals surface area contributed by atoms with Crippen LogP contribution in [0.25, 0.3) is 0 Å². The molecule has 1 unspecified atom stereocenters. The van der Waals surface area contributed by atoms with E-state index in [1.807, 2.05) is 19.9 Å². The van der Waals surface area contributed by atoms with Gasteiger partial charge in [-0.2, -0.15) is 0 Å². The van der Waals surface area contributed by atoms with Crippen molar-refractivity contribution in [1.29, 1.82) is 0 Å². The summed E-state index contributed by atoms with van der Waals surface area (Å²) in [5.41, 5.74) is 1.06. The van der Waals surface area contributed by atoms with Crippen molar-refractivity contribution in [3.8, 4) is 0 Å². The molecule has 2 rings (SSSR count). The summed E-state index contributed by atoms with van der Waals surface area (Å²) >= 11 is 1.69. The molecule has 3 N–H and O–H groups in total. The average Bonchev–Trinajstić information content (AvgIpc) is 2.99. The van der Waals surface area contributed by atoms with Crippen molar-refractivity contribution in [2.24, 2.45) is 5.92 Å². The molecule has 0 bridgehead atoms. The number of anilines is 1. The summed E-state index contributed by atoms with van der Waals surface area (Å²) < 4.78 is 0. The first kappa shape index (κ1) is 15.9. The largest absolute Gasteiger partial charge is 0.352 e. The van der Waals surface area contributed by atoms with Crippen LogP contribution >= 0.6 is 11.8 Å². The molecule has 1 aliphatic heterocycles. The molecule has 1 heterocycles. The molecule has 1 atom stereocenters. The highest BCUT2D eigenvalue weighted by Crippen LogP contribution is 2.17. The number of amides is 2. The predicted molar refractivity (Wildman–Crippen MR) is 86.5 cm³/mol.